The van der Waals surface area contributed by atoms with Crippen LogP contribution in [0.4, 0.5) is 0 Å². The SMILES string of the molecule is CC(=O)n1cnc2c1C(C)(C)C1=CC[C@H]3[C@@H]4CC[C@H]([C@H](C)CCCC(=O)N5CCOCC5)[C@@]4(C)CC[C@@H]3[C@@]1(C)C2. The van der Waals surface area contributed by atoms with Crippen LogP contribution in [0, 0.1) is 40.4 Å². The molecule has 0 radical (unpaired) electrons. The number of amides is 1. The number of aromatic nitrogens is 2. The lowest BCUT2D eigenvalue weighted by atomic mass is 9.44. The van der Waals surface area contributed by atoms with E-state index in [1.807, 2.05) is 4.90 Å². The molecule has 3 fully saturated rings. The summed E-state index contributed by atoms with van der Waals surface area (Å²) in [5, 5.41) is 0. The van der Waals surface area contributed by atoms with Gasteiger partial charge < -0.3 is 9.64 Å². The number of ether oxygens (including phenoxy) is 1. The second-order valence-electron chi connectivity index (χ2n) is 15.0. The van der Waals surface area contributed by atoms with Gasteiger partial charge in [0.25, 0.3) is 0 Å². The van der Waals surface area contributed by atoms with E-state index in [0.29, 0.717) is 42.8 Å². The van der Waals surface area contributed by atoms with Crippen LogP contribution >= 0.6 is 0 Å². The van der Waals surface area contributed by atoms with E-state index in [1.54, 1.807) is 23.4 Å². The molecule has 0 N–H and O–H groups in total. The molecule has 0 aromatic carbocycles. The minimum atomic E-state index is -0.179. The van der Waals surface area contributed by atoms with Crippen molar-refractivity contribution in [3.05, 3.63) is 29.4 Å². The van der Waals surface area contributed by atoms with E-state index in [4.69, 9.17) is 9.72 Å². The van der Waals surface area contributed by atoms with Crippen molar-refractivity contribution >= 4 is 11.8 Å². The second kappa shape index (κ2) is 10.1. The van der Waals surface area contributed by atoms with Gasteiger partial charge in [-0.1, -0.05) is 46.3 Å². The Morgan fingerprint density at radius 3 is 2.58 bits per heavy atom. The molecule has 220 valence electrons. The molecule has 1 amide bonds. The van der Waals surface area contributed by atoms with Crippen LogP contribution in [0.15, 0.2) is 18.0 Å². The van der Waals surface area contributed by atoms with Gasteiger partial charge in [-0.2, -0.15) is 0 Å². The highest BCUT2D eigenvalue weighted by atomic mass is 16.5. The van der Waals surface area contributed by atoms with Gasteiger partial charge in [0.2, 0.25) is 11.8 Å². The average Bonchev–Trinajstić information content (AvgIpc) is 3.50. The van der Waals surface area contributed by atoms with E-state index >= 15 is 0 Å². The maximum atomic E-state index is 12.7. The normalized spacial score (nSPS) is 37.0. The number of fused-ring (bicyclic) bond motifs is 6. The predicted octanol–water partition coefficient (Wildman–Crippen LogP) is 6.44. The van der Waals surface area contributed by atoms with Gasteiger partial charge in [-0.05, 0) is 85.4 Å². The molecule has 2 heterocycles. The largest absolute Gasteiger partial charge is 0.378 e. The lowest BCUT2D eigenvalue weighted by molar-refractivity contribution is -0.135. The van der Waals surface area contributed by atoms with Gasteiger partial charge in [-0.15, -0.1) is 0 Å². The standard InChI is InChI=1S/C34H51N3O3/c1-22(8-7-9-30(39)36-16-18-40-19-17-36)25-11-12-26-24-10-13-29-32(3,4)31-28(35-21-37(31)23(2)38)20-34(29,6)27(24)14-15-33(25,26)5/h13,21-22,24-27H,7-12,14-20H2,1-6H3/t22-,24+,25-,26+,27+,33-,34-/m1/s1. The predicted molar refractivity (Wildman–Crippen MR) is 157 cm³/mol. The number of carbonyl (C=O) groups is 2. The summed E-state index contributed by atoms with van der Waals surface area (Å²) in [5.41, 5.74) is 4.14. The molecule has 0 spiro atoms. The van der Waals surface area contributed by atoms with E-state index in [-0.39, 0.29) is 16.7 Å². The molecule has 4 aliphatic carbocycles. The molecule has 1 aromatic heterocycles. The zero-order valence-corrected chi connectivity index (χ0v) is 25.8. The molecule has 5 aliphatic rings. The molecule has 2 saturated carbocycles. The summed E-state index contributed by atoms with van der Waals surface area (Å²) in [7, 11) is 0. The fraction of sp³-hybridized carbons (Fsp3) is 0.794. The van der Waals surface area contributed by atoms with Crippen molar-refractivity contribution in [1.29, 1.82) is 0 Å². The number of morpholine rings is 1. The molecule has 0 bridgehead atoms. The highest BCUT2D eigenvalue weighted by Gasteiger charge is 2.61. The zero-order valence-electron chi connectivity index (χ0n) is 25.8. The molecule has 6 rings (SSSR count). The molecule has 6 nitrogen and oxygen atoms in total. The quantitative estimate of drug-likeness (QED) is 0.397. The Labute approximate surface area is 241 Å². The van der Waals surface area contributed by atoms with E-state index in [9.17, 15) is 9.59 Å². The summed E-state index contributed by atoms with van der Waals surface area (Å²) in [6.45, 7) is 16.8. The molecule has 1 saturated heterocycles. The number of carbonyl (C=O) groups excluding carboxylic acids is 2. The summed E-state index contributed by atoms with van der Waals surface area (Å²) in [5.74, 6) is 4.00. The summed E-state index contributed by atoms with van der Waals surface area (Å²) in [6.07, 6.45) is 14.7. The van der Waals surface area contributed by atoms with Crippen LogP contribution in [0.3, 0.4) is 0 Å². The molecule has 1 aromatic rings. The van der Waals surface area contributed by atoms with Crippen molar-refractivity contribution < 1.29 is 14.3 Å². The topological polar surface area (TPSA) is 64.4 Å². The minimum absolute atomic E-state index is 0.0599. The number of hydrogen-bond donors (Lipinski definition) is 0. The monoisotopic (exact) mass is 549 g/mol. The van der Waals surface area contributed by atoms with Gasteiger partial charge in [0.05, 0.1) is 24.6 Å². The summed E-state index contributed by atoms with van der Waals surface area (Å²) in [4.78, 5) is 31.9. The second-order valence-corrected chi connectivity index (χ2v) is 15.0. The Morgan fingerprint density at radius 1 is 1.10 bits per heavy atom. The lowest BCUT2D eigenvalue weighted by Gasteiger charge is -2.60. The minimum Gasteiger partial charge on any atom is -0.378 e. The van der Waals surface area contributed by atoms with Crippen molar-refractivity contribution in [2.75, 3.05) is 26.3 Å². The van der Waals surface area contributed by atoms with Crippen molar-refractivity contribution in [2.45, 2.75) is 105 Å². The van der Waals surface area contributed by atoms with E-state index in [0.717, 1.165) is 61.5 Å². The van der Waals surface area contributed by atoms with Crippen LogP contribution in [0.5, 0.6) is 0 Å². The highest BCUT2D eigenvalue weighted by Crippen LogP contribution is 2.68. The fourth-order valence-electron chi connectivity index (χ4n) is 10.9. The first kappa shape index (κ1) is 28.2. The Kier molecular flexibility index (Phi) is 7.12. The fourth-order valence-corrected chi connectivity index (χ4v) is 10.9. The van der Waals surface area contributed by atoms with Crippen LogP contribution in [-0.4, -0.2) is 52.6 Å². The van der Waals surface area contributed by atoms with Gasteiger partial charge in [-0.3, -0.25) is 14.2 Å². The lowest BCUT2D eigenvalue weighted by Crippen LogP contribution is -2.54. The van der Waals surface area contributed by atoms with Crippen LogP contribution in [0.1, 0.15) is 109 Å². The van der Waals surface area contributed by atoms with Crippen LogP contribution < -0.4 is 0 Å². The third-order valence-corrected chi connectivity index (χ3v) is 12.6. The first-order valence-corrected chi connectivity index (χ1v) is 16.1. The van der Waals surface area contributed by atoms with Crippen molar-refractivity contribution in [3.8, 4) is 0 Å². The summed E-state index contributed by atoms with van der Waals surface area (Å²) >= 11 is 0. The third-order valence-electron chi connectivity index (χ3n) is 12.6. The van der Waals surface area contributed by atoms with Crippen LogP contribution in [-0.2, 0) is 21.4 Å². The molecule has 1 aliphatic heterocycles. The number of nitrogens with zero attached hydrogens (tertiary/aromatic N) is 3. The van der Waals surface area contributed by atoms with E-state index < -0.39 is 0 Å². The Hall–Kier alpha value is -1.95. The number of allylic oxidation sites excluding steroid dienone is 2. The van der Waals surface area contributed by atoms with Gasteiger partial charge in [0.15, 0.2) is 0 Å². The van der Waals surface area contributed by atoms with Gasteiger partial charge in [-0.25, -0.2) is 4.98 Å². The highest BCUT2D eigenvalue weighted by molar-refractivity contribution is 5.78. The molecule has 0 unspecified atom stereocenters. The summed E-state index contributed by atoms with van der Waals surface area (Å²) < 4.78 is 7.22. The van der Waals surface area contributed by atoms with Crippen molar-refractivity contribution in [1.82, 2.24) is 14.5 Å². The molecule has 40 heavy (non-hydrogen) atoms. The maximum Gasteiger partial charge on any atom is 0.228 e. The Morgan fingerprint density at radius 2 is 1.85 bits per heavy atom. The Balaban J connectivity index is 1.16. The van der Waals surface area contributed by atoms with Crippen LogP contribution in [0.25, 0.3) is 0 Å². The first-order chi connectivity index (χ1) is 19.0. The van der Waals surface area contributed by atoms with Crippen molar-refractivity contribution in [3.63, 3.8) is 0 Å². The van der Waals surface area contributed by atoms with Crippen LogP contribution in [0.2, 0.25) is 0 Å². The Bertz CT molecular complexity index is 1190. The molecule has 7 atom stereocenters. The van der Waals surface area contributed by atoms with Gasteiger partial charge >= 0.3 is 0 Å². The first-order valence-electron chi connectivity index (χ1n) is 16.1. The average molecular weight is 550 g/mol. The van der Waals surface area contributed by atoms with Crippen molar-refractivity contribution in [2.24, 2.45) is 40.4 Å². The van der Waals surface area contributed by atoms with Gasteiger partial charge in [0, 0.05) is 38.3 Å². The third kappa shape index (κ3) is 4.25. The smallest absolute Gasteiger partial charge is 0.228 e. The summed E-state index contributed by atoms with van der Waals surface area (Å²) in [6, 6.07) is 0. The number of hydrogen-bond acceptors (Lipinski definition) is 4. The molecular formula is C34H51N3O3. The zero-order chi connectivity index (χ0) is 28.4. The van der Waals surface area contributed by atoms with Gasteiger partial charge in [0.1, 0.15) is 6.33 Å². The molecular weight excluding hydrogens is 498 g/mol. The maximum absolute atomic E-state index is 12.7. The van der Waals surface area contributed by atoms with E-state index in [1.165, 1.54) is 32.1 Å². The molecule has 6 heteroatoms. The van der Waals surface area contributed by atoms with E-state index in [2.05, 4.69) is 40.7 Å². The number of imidazole rings is 1. The number of rotatable bonds is 5.